The summed E-state index contributed by atoms with van der Waals surface area (Å²) >= 11 is 0. The van der Waals surface area contributed by atoms with Gasteiger partial charge in [0.2, 0.25) is 0 Å². The molecule has 1 rings (SSSR count). The normalized spacial score (nSPS) is 12.1. The van der Waals surface area contributed by atoms with E-state index in [1.54, 1.807) is 6.92 Å². The molecule has 4 nitrogen and oxygen atoms in total. The number of aliphatic hydroxyl groups is 1. The summed E-state index contributed by atoms with van der Waals surface area (Å²) in [4.78, 5) is 11.5. The van der Waals surface area contributed by atoms with Gasteiger partial charge in [-0.2, -0.15) is 0 Å². The SMILES string of the molecule is Cc1cc(C)c(OCC(=O)NC[C@@H](C)O)c(C)c1. The molecule has 0 saturated heterocycles. The first-order valence-electron chi connectivity index (χ1n) is 6.05. The van der Waals surface area contributed by atoms with Gasteiger partial charge in [-0.15, -0.1) is 0 Å². The van der Waals surface area contributed by atoms with Gasteiger partial charge >= 0.3 is 0 Å². The zero-order valence-corrected chi connectivity index (χ0v) is 11.4. The first-order valence-corrected chi connectivity index (χ1v) is 6.05. The molecule has 0 heterocycles. The number of hydrogen-bond acceptors (Lipinski definition) is 3. The van der Waals surface area contributed by atoms with Crippen LogP contribution in [0.4, 0.5) is 0 Å². The van der Waals surface area contributed by atoms with E-state index in [-0.39, 0.29) is 19.1 Å². The van der Waals surface area contributed by atoms with Crippen molar-refractivity contribution in [2.75, 3.05) is 13.2 Å². The van der Waals surface area contributed by atoms with Gasteiger partial charge in [0, 0.05) is 6.54 Å². The Labute approximate surface area is 108 Å². The fourth-order valence-corrected chi connectivity index (χ4v) is 1.84. The summed E-state index contributed by atoms with van der Waals surface area (Å²) in [5.74, 6) is 0.531. The molecule has 0 spiro atoms. The summed E-state index contributed by atoms with van der Waals surface area (Å²) < 4.78 is 5.52. The van der Waals surface area contributed by atoms with Gasteiger partial charge in [-0.3, -0.25) is 4.79 Å². The van der Waals surface area contributed by atoms with E-state index < -0.39 is 6.10 Å². The molecule has 1 atom stereocenters. The molecule has 0 bridgehead atoms. The fraction of sp³-hybridized carbons (Fsp3) is 0.500. The lowest BCUT2D eigenvalue weighted by atomic mass is 10.1. The van der Waals surface area contributed by atoms with Crippen molar-refractivity contribution < 1.29 is 14.6 Å². The van der Waals surface area contributed by atoms with Crippen LogP contribution >= 0.6 is 0 Å². The van der Waals surface area contributed by atoms with Crippen molar-refractivity contribution >= 4 is 5.91 Å². The molecule has 0 aliphatic heterocycles. The standard InChI is InChI=1S/C14H21NO3/c1-9-5-10(2)14(11(3)6-9)18-8-13(17)15-7-12(4)16/h5-6,12,16H,7-8H2,1-4H3,(H,15,17)/t12-/m1/s1. The topological polar surface area (TPSA) is 58.6 Å². The Bertz CT molecular complexity index is 404. The predicted octanol–water partition coefficient (Wildman–Crippen LogP) is 1.49. The lowest BCUT2D eigenvalue weighted by Gasteiger charge is -2.13. The highest BCUT2D eigenvalue weighted by atomic mass is 16.5. The van der Waals surface area contributed by atoms with E-state index in [2.05, 4.69) is 5.32 Å². The van der Waals surface area contributed by atoms with E-state index in [4.69, 9.17) is 9.84 Å². The van der Waals surface area contributed by atoms with E-state index in [0.717, 1.165) is 16.9 Å². The van der Waals surface area contributed by atoms with Gasteiger partial charge in [0.25, 0.3) is 5.91 Å². The molecule has 0 unspecified atom stereocenters. The van der Waals surface area contributed by atoms with Crippen LogP contribution in [0.2, 0.25) is 0 Å². The fourth-order valence-electron chi connectivity index (χ4n) is 1.84. The molecule has 4 heteroatoms. The summed E-state index contributed by atoms with van der Waals surface area (Å²) in [7, 11) is 0. The van der Waals surface area contributed by atoms with Crippen LogP contribution in [-0.4, -0.2) is 30.3 Å². The highest BCUT2D eigenvalue weighted by Crippen LogP contribution is 2.24. The molecule has 0 aliphatic rings. The van der Waals surface area contributed by atoms with Crippen molar-refractivity contribution in [3.63, 3.8) is 0 Å². The molecule has 0 fully saturated rings. The summed E-state index contributed by atoms with van der Waals surface area (Å²) in [6.45, 7) is 7.78. The summed E-state index contributed by atoms with van der Waals surface area (Å²) in [6.07, 6.45) is -0.545. The maximum Gasteiger partial charge on any atom is 0.258 e. The zero-order chi connectivity index (χ0) is 13.7. The first kappa shape index (κ1) is 14.5. The summed E-state index contributed by atoms with van der Waals surface area (Å²) in [5, 5.41) is 11.6. The van der Waals surface area contributed by atoms with Crippen LogP contribution in [0.5, 0.6) is 5.75 Å². The number of rotatable bonds is 5. The lowest BCUT2D eigenvalue weighted by molar-refractivity contribution is -0.123. The Kier molecular flexibility index (Phi) is 5.16. The van der Waals surface area contributed by atoms with Crippen molar-refractivity contribution in [3.8, 4) is 5.75 Å². The van der Waals surface area contributed by atoms with Crippen molar-refractivity contribution in [1.29, 1.82) is 0 Å². The van der Waals surface area contributed by atoms with Crippen LogP contribution < -0.4 is 10.1 Å². The predicted molar refractivity (Wildman–Crippen MR) is 70.8 cm³/mol. The molecule has 0 saturated carbocycles. The minimum absolute atomic E-state index is 0.0303. The third-order valence-electron chi connectivity index (χ3n) is 2.55. The first-order chi connectivity index (χ1) is 8.40. The second kappa shape index (κ2) is 6.40. The second-order valence-electron chi connectivity index (χ2n) is 4.67. The highest BCUT2D eigenvalue weighted by Gasteiger charge is 2.08. The third-order valence-corrected chi connectivity index (χ3v) is 2.55. The number of benzene rings is 1. The van der Waals surface area contributed by atoms with E-state index in [0.29, 0.717) is 0 Å². The number of hydrogen-bond donors (Lipinski definition) is 2. The Hall–Kier alpha value is -1.55. The number of carbonyl (C=O) groups is 1. The van der Waals surface area contributed by atoms with Gasteiger partial charge in [-0.1, -0.05) is 17.7 Å². The average molecular weight is 251 g/mol. The number of ether oxygens (including phenoxy) is 1. The van der Waals surface area contributed by atoms with Gasteiger partial charge in [0.1, 0.15) is 5.75 Å². The molecule has 1 aromatic rings. The van der Waals surface area contributed by atoms with Crippen LogP contribution in [0.1, 0.15) is 23.6 Å². The number of carbonyl (C=O) groups excluding carboxylic acids is 1. The van der Waals surface area contributed by atoms with E-state index >= 15 is 0 Å². The molecular weight excluding hydrogens is 230 g/mol. The van der Waals surface area contributed by atoms with Crippen LogP contribution in [0, 0.1) is 20.8 Å². The van der Waals surface area contributed by atoms with Gasteiger partial charge in [-0.05, 0) is 38.8 Å². The van der Waals surface area contributed by atoms with Gasteiger partial charge in [0.15, 0.2) is 6.61 Å². The van der Waals surface area contributed by atoms with E-state index in [9.17, 15) is 4.79 Å². The van der Waals surface area contributed by atoms with Crippen molar-refractivity contribution in [2.24, 2.45) is 0 Å². The zero-order valence-electron chi connectivity index (χ0n) is 11.4. The molecule has 1 aromatic carbocycles. The molecule has 100 valence electrons. The van der Waals surface area contributed by atoms with Gasteiger partial charge in [0.05, 0.1) is 6.10 Å². The smallest absolute Gasteiger partial charge is 0.258 e. The number of aliphatic hydroxyl groups excluding tert-OH is 1. The Morgan fingerprint density at radius 2 is 1.89 bits per heavy atom. The Morgan fingerprint density at radius 1 is 1.33 bits per heavy atom. The Balaban J connectivity index is 2.56. The quantitative estimate of drug-likeness (QED) is 0.833. The van der Waals surface area contributed by atoms with Crippen molar-refractivity contribution in [2.45, 2.75) is 33.8 Å². The molecule has 1 amide bonds. The van der Waals surface area contributed by atoms with Crippen LogP contribution in [-0.2, 0) is 4.79 Å². The number of nitrogens with one attached hydrogen (secondary N) is 1. The molecule has 2 N–H and O–H groups in total. The Morgan fingerprint density at radius 3 is 2.39 bits per heavy atom. The second-order valence-corrected chi connectivity index (χ2v) is 4.67. The lowest BCUT2D eigenvalue weighted by Crippen LogP contribution is -2.34. The van der Waals surface area contributed by atoms with Crippen LogP contribution in [0.3, 0.4) is 0 Å². The minimum Gasteiger partial charge on any atom is -0.483 e. The molecular formula is C14H21NO3. The molecule has 0 radical (unpaired) electrons. The maximum atomic E-state index is 11.5. The summed E-state index contributed by atoms with van der Waals surface area (Å²) in [5.41, 5.74) is 3.22. The third kappa shape index (κ3) is 4.37. The molecule has 0 aliphatic carbocycles. The monoisotopic (exact) mass is 251 g/mol. The maximum absolute atomic E-state index is 11.5. The average Bonchev–Trinajstić information content (AvgIpc) is 2.24. The van der Waals surface area contributed by atoms with Crippen LogP contribution in [0.25, 0.3) is 0 Å². The highest BCUT2D eigenvalue weighted by molar-refractivity contribution is 5.77. The van der Waals surface area contributed by atoms with Gasteiger partial charge < -0.3 is 15.2 Å². The van der Waals surface area contributed by atoms with E-state index in [1.807, 2.05) is 32.9 Å². The number of amides is 1. The van der Waals surface area contributed by atoms with Crippen molar-refractivity contribution in [1.82, 2.24) is 5.32 Å². The minimum atomic E-state index is -0.545. The summed E-state index contributed by atoms with van der Waals surface area (Å²) in [6, 6.07) is 4.05. The van der Waals surface area contributed by atoms with E-state index in [1.165, 1.54) is 5.56 Å². The largest absolute Gasteiger partial charge is 0.483 e. The number of aryl methyl sites for hydroxylation is 3. The molecule has 0 aromatic heterocycles. The van der Waals surface area contributed by atoms with Gasteiger partial charge in [-0.25, -0.2) is 0 Å². The van der Waals surface area contributed by atoms with Crippen LogP contribution in [0.15, 0.2) is 12.1 Å². The van der Waals surface area contributed by atoms with Crippen molar-refractivity contribution in [3.05, 3.63) is 28.8 Å². The molecule has 18 heavy (non-hydrogen) atoms.